The van der Waals surface area contributed by atoms with Crippen molar-refractivity contribution in [1.29, 1.82) is 0 Å². The van der Waals surface area contributed by atoms with Gasteiger partial charge in [-0.15, -0.1) is 0 Å². The van der Waals surface area contributed by atoms with Gasteiger partial charge in [0, 0.05) is 6.04 Å². The molecule has 2 atom stereocenters. The Morgan fingerprint density at radius 1 is 1.13 bits per heavy atom. The number of nitrogens with one attached hydrogen (secondary N) is 3. The van der Waals surface area contributed by atoms with E-state index in [0.717, 1.165) is 17.5 Å². The zero-order chi connectivity index (χ0) is 21.5. The van der Waals surface area contributed by atoms with Crippen LogP contribution in [0.15, 0.2) is 53.6 Å². The van der Waals surface area contributed by atoms with E-state index in [9.17, 15) is 9.59 Å². The van der Waals surface area contributed by atoms with E-state index < -0.39 is 5.97 Å². The third-order valence-electron chi connectivity index (χ3n) is 4.97. The number of carbonyl (C=O) groups excluding carboxylic acids is 2. The van der Waals surface area contributed by atoms with Gasteiger partial charge >= 0.3 is 5.97 Å². The molecule has 1 saturated heterocycles. The first-order valence-electron chi connectivity index (χ1n) is 10.1. The number of hydrogen-bond acceptors (Lipinski definition) is 6. The first-order valence-corrected chi connectivity index (χ1v) is 10.1. The molecule has 7 heteroatoms. The topological polar surface area (TPSA) is 91.8 Å². The van der Waals surface area contributed by atoms with E-state index in [-0.39, 0.29) is 18.0 Å². The molecule has 0 aromatic heterocycles. The minimum atomic E-state index is -0.393. The highest BCUT2D eigenvalue weighted by molar-refractivity contribution is 5.91. The Labute approximate surface area is 176 Å². The number of rotatable bonds is 7. The van der Waals surface area contributed by atoms with Crippen molar-refractivity contribution in [3.05, 3.63) is 70.8 Å². The summed E-state index contributed by atoms with van der Waals surface area (Å²) in [5, 5.41) is 4.01. The number of methoxy groups -OCH3 is 1. The maximum atomic E-state index is 12.4. The molecule has 2 aromatic carbocycles. The van der Waals surface area contributed by atoms with Crippen molar-refractivity contribution in [1.82, 2.24) is 16.3 Å². The van der Waals surface area contributed by atoms with Crippen LogP contribution in [-0.4, -0.2) is 31.2 Å². The summed E-state index contributed by atoms with van der Waals surface area (Å²) in [5.41, 5.74) is 12.5. The predicted octanol–water partition coefficient (Wildman–Crippen LogP) is 2.73. The first kappa shape index (κ1) is 21.7. The molecule has 1 heterocycles. The largest absolute Gasteiger partial charge is 0.465 e. The van der Waals surface area contributed by atoms with Gasteiger partial charge in [-0.1, -0.05) is 50.2 Å². The molecule has 0 aliphatic carbocycles. The van der Waals surface area contributed by atoms with E-state index in [2.05, 4.69) is 64.2 Å². The number of ether oxygens (including phenoxy) is 1. The Morgan fingerprint density at radius 3 is 2.47 bits per heavy atom. The second kappa shape index (κ2) is 10.1. The fraction of sp³-hybridized carbons (Fsp3) is 0.348. The molecule has 0 saturated carbocycles. The highest BCUT2D eigenvalue weighted by Gasteiger charge is 2.29. The van der Waals surface area contributed by atoms with Crippen molar-refractivity contribution >= 4 is 18.1 Å². The summed E-state index contributed by atoms with van der Waals surface area (Å²) in [7, 11) is 1.34. The van der Waals surface area contributed by atoms with Crippen LogP contribution in [0.25, 0.3) is 0 Å². The normalized spacial score (nSPS) is 18.7. The lowest BCUT2D eigenvalue weighted by Gasteiger charge is -2.11. The van der Waals surface area contributed by atoms with E-state index in [1.54, 1.807) is 24.3 Å². The Bertz CT molecular complexity index is 892. The van der Waals surface area contributed by atoms with Crippen molar-refractivity contribution < 1.29 is 14.3 Å². The molecule has 30 heavy (non-hydrogen) atoms. The zero-order valence-electron chi connectivity index (χ0n) is 17.5. The average molecular weight is 409 g/mol. The quantitative estimate of drug-likeness (QED) is 0.372. The van der Waals surface area contributed by atoms with Crippen LogP contribution in [0.5, 0.6) is 0 Å². The maximum Gasteiger partial charge on any atom is 0.337 e. The maximum absolute atomic E-state index is 12.4. The number of amides is 1. The molecule has 2 unspecified atom stereocenters. The van der Waals surface area contributed by atoms with Gasteiger partial charge in [-0.3, -0.25) is 4.79 Å². The van der Waals surface area contributed by atoms with Crippen molar-refractivity contribution in [2.45, 2.75) is 38.8 Å². The van der Waals surface area contributed by atoms with E-state index >= 15 is 0 Å². The van der Waals surface area contributed by atoms with Gasteiger partial charge < -0.3 is 4.74 Å². The molecule has 2 aromatic rings. The SMILES string of the molecule is COC(=O)c1ccc(/C=N/NC(=O)C2CC(c3ccc(CC(C)C)cc3)NN2)cc1. The molecule has 0 bridgehead atoms. The van der Waals surface area contributed by atoms with Crippen molar-refractivity contribution in [3.63, 3.8) is 0 Å². The fourth-order valence-electron chi connectivity index (χ4n) is 3.38. The lowest BCUT2D eigenvalue weighted by Crippen LogP contribution is -2.41. The molecule has 1 fully saturated rings. The standard InChI is InChI=1S/C23H28N4O3/c1-15(2)12-16-4-8-18(9-5-16)20-13-21(26-25-20)22(28)27-24-14-17-6-10-19(11-7-17)23(29)30-3/h4-11,14-15,20-21,25-26H,12-13H2,1-3H3,(H,27,28)/b24-14+. The monoisotopic (exact) mass is 408 g/mol. The van der Waals surface area contributed by atoms with Crippen LogP contribution in [0, 0.1) is 5.92 Å². The van der Waals surface area contributed by atoms with Gasteiger partial charge in [0.1, 0.15) is 6.04 Å². The van der Waals surface area contributed by atoms with Crippen LogP contribution in [0.3, 0.4) is 0 Å². The van der Waals surface area contributed by atoms with Gasteiger partial charge in [0.2, 0.25) is 0 Å². The number of hydrazine groups is 1. The van der Waals surface area contributed by atoms with Crippen LogP contribution < -0.4 is 16.3 Å². The van der Waals surface area contributed by atoms with Gasteiger partial charge in [0.25, 0.3) is 5.91 Å². The minimum absolute atomic E-state index is 0.0729. The molecule has 3 rings (SSSR count). The van der Waals surface area contributed by atoms with E-state index in [1.807, 2.05) is 0 Å². The zero-order valence-corrected chi connectivity index (χ0v) is 17.5. The molecular weight excluding hydrogens is 380 g/mol. The summed E-state index contributed by atoms with van der Waals surface area (Å²) in [4.78, 5) is 23.8. The molecule has 0 spiro atoms. The summed E-state index contributed by atoms with van der Waals surface area (Å²) in [6.45, 7) is 4.42. The molecule has 158 valence electrons. The van der Waals surface area contributed by atoms with E-state index in [4.69, 9.17) is 0 Å². The molecule has 1 aliphatic heterocycles. The van der Waals surface area contributed by atoms with Crippen molar-refractivity contribution in [3.8, 4) is 0 Å². The van der Waals surface area contributed by atoms with E-state index in [1.165, 1.54) is 18.9 Å². The number of hydrazone groups is 1. The van der Waals surface area contributed by atoms with Gasteiger partial charge in [-0.25, -0.2) is 21.1 Å². The fourth-order valence-corrected chi connectivity index (χ4v) is 3.38. The number of hydrogen-bond donors (Lipinski definition) is 3. The second-order valence-corrected chi connectivity index (χ2v) is 7.82. The van der Waals surface area contributed by atoms with Crippen LogP contribution in [0.1, 0.15) is 53.4 Å². The Kier molecular flexibility index (Phi) is 7.32. The molecule has 1 aliphatic rings. The predicted molar refractivity (Wildman–Crippen MR) is 116 cm³/mol. The van der Waals surface area contributed by atoms with E-state index in [0.29, 0.717) is 17.9 Å². The lowest BCUT2D eigenvalue weighted by atomic mass is 9.97. The van der Waals surface area contributed by atoms with Crippen LogP contribution in [0.2, 0.25) is 0 Å². The van der Waals surface area contributed by atoms with Crippen LogP contribution in [0.4, 0.5) is 0 Å². The smallest absolute Gasteiger partial charge is 0.337 e. The third kappa shape index (κ3) is 5.75. The first-order chi connectivity index (χ1) is 14.5. The third-order valence-corrected chi connectivity index (χ3v) is 4.97. The van der Waals surface area contributed by atoms with Gasteiger partial charge in [-0.2, -0.15) is 5.10 Å². The second-order valence-electron chi connectivity index (χ2n) is 7.82. The Balaban J connectivity index is 1.49. The summed E-state index contributed by atoms with van der Waals surface area (Å²) >= 11 is 0. The Hall–Kier alpha value is -3.03. The van der Waals surface area contributed by atoms with Crippen LogP contribution in [-0.2, 0) is 16.0 Å². The summed E-state index contributed by atoms with van der Waals surface area (Å²) in [6.07, 6.45) is 3.23. The number of nitrogens with zero attached hydrogens (tertiary/aromatic N) is 1. The molecular formula is C23H28N4O3. The van der Waals surface area contributed by atoms with Crippen molar-refractivity contribution in [2.75, 3.05) is 7.11 Å². The summed E-state index contributed by atoms with van der Waals surface area (Å²) in [6, 6.07) is 15.0. The van der Waals surface area contributed by atoms with Gasteiger partial charge in [-0.05, 0) is 47.6 Å². The molecule has 0 radical (unpaired) electrons. The lowest BCUT2D eigenvalue weighted by molar-refractivity contribution is -0.122. The number of esters is 1. The van der Waals surface area contributed by atoms with Gasteiger partial charge in [0.05, 0.1) is 18.9 Å². The Morgan fingerprint density at radius 2 is 1.83 bits per heavy atom. The van der Waals surface area contributed by atoms with Gasteiger partial charge in [0.15, 0.2) is 0 Å². The highest BCUT2D eigenvalue weighted by atomic mass is 16.5. The molecule has 1 amide bonds. The van der Waals surface area contributed by atoms with Crippen molar-refractivity contribution in [2.24, 2.45) is 11.0 Å². The average Bonchev–Trinajstić information content (AvgIpc) is 3.24. The summed E-state index contributed by atoms with van der Waals surface area (Å²) in [5.74, 6) is 0.0288. The number of carbonyl (C=O) groups is 2. The van der Waals surface area contributed by atoms with Crippen LogP contribution >= 0.6 is 0 Å². The molecule has 7 nitrogen and oxygen atoms in total. The molecule has 3 N–H and O–H groups in total. The summed E-state index contributed by atoms with van der Waals surface area (Å²) < 4.78 is 4.66. The number of benzene rings is 2. The highest BCUT2D eigenvalue weighted by Crippen LogP contribution is 2.23. The minimum Gasteiger partial charge on any atom is -0.465 e.